The standard InChI is InChI=1S/C15H20N2S/c1-12(14-4-3-5-15(16)10-14)17(2)8-6-13-7-9-18-11-13/h3-5,7,9-12H,6,8,16H2,1-2H3. The summed E-state index contributed by atoms with van der Waals surface area (Å²) >= 11 is 1.76. The first-order valence-electron chi connectivity index (χ1n) is 6.23. The Morgan fingerprint density at radius 1 is 1.33 bits per heavy atom. The Kier molecular flexibility index (Phi) is 4.39. The Morgan fingerprint density at radius 2 is 2.17 bits per heavy atom. The first-order valence-corrected chi connectivity index (χ1v) is 7.18. The van der Waals surface area contributed by atoms with Crippen molar-refractivity contribution in [2.45, 2.75) is 19.4 Å². The van der Waals surface area contributed by atoms with E-state index in [1.807, 2.05) is 12.1 Å². The summed E-state index contributed by atoms with van der Waals surface area (Å²) in [6.07, 6.45) is 1.10. The molecule has 3 heteroatoms. The molecule has 0 saturated heterocycles. The van der Waals surface area contributed by atoms with Crippen LogP contribution in [0.3, 0.4) is 0 Å². The van der Waals surface area contributed by atoms with Crippen LogP contribution in [0.15, 0.2) is 41.1 Å². The number of hydrogen-bond donors (Lipinski definition) is 1. The molecule has 1 heterocycles. The van der Waals surface area contributed by atoms with Crippen molar-refractivity contribution in [2.24, 2.45) is 0 Å². The summed E-state index contributed by atoms with van der Waals surface area (Å²) in [5, 5.41) is 4.36. The fourth-order valence-electron chi connectivity index (χ4n) is 2.01. The lowest BCUT2D eigenvalue weighted by atomic mass is 10.1. The Hall–Kier alpha value is -1.32. The second-order valence-corrected chi connectivity index (χ2v) is 5.49. The lowest BCUT2D eigenvalue weighted by Gasteiger charge is -2.25. The average molecular weight is 260 g/mol. The highest BCUT2D eigenvalue weighted by Gasteiger charge is 2.11. The number of nitrogen functional groups attached to an aromatic ring is 1. The van der Waals surface area contributed by atoms with Crippen molar-refractivity contribution in [2.75, 3.05) is 19.3 Å². The summed E-state index contributed by atoms with van der Waals surface area (Å²) in [7, 11) is 2.17. The van der Waals surface area contributed by atoms with E-state index >= 15 is 0 Å². The van der Waals surface area contributed by atoms with E-state index in [-0.39, 0.29) is 0 Å². The number of hydrogen-bond acceptors (Lipinski definition) is 3. The first-order chi connectivity index (χ1) is 8.66. The minimum atomic E-state index is 0.395. The molecule has 96 valence electrons. The van der Waals surface area contributed by atoms with Gasteiger partial charge in [0, 0.05) is 18.3 Å². The lowest BCUT2D eigenvalue weighted by Crippen LogP contribution is -2.24. The molecule has 0 fully saturated rings. The molecule has 0 amide bonds. The SMILES string of the molecule is CC(c1cccc(N)c1)N(C)CCc1ccsc1. The number of nitrogens with zero attached hydrogens (tertiary/aromatic N) is 1. The van der Waals surface area contributed by atoms with E-state index in [1.54, 1.807) is 11.3 Å². The average Bonchev–Trinajstić information content (AvgIpc) is 2.88. The molecule has 1 atom stereocenters. The van der Waals surface area contributed by atoms with Crippen molar-refractivity contribution < 1.29 is 0 Å². The van der Waals surface area contributed by atoms with E-state index in [4.69, 9.17) is 5.73 Å². The fraction of sp³-hybridized carbons (Fsp3) is 0.333. The molecule has 1 aromatic heterocycles. The molecule has 18 heavy (non-hydrogen) atoms. The van der Waals surface area contributed by atoms with Gasteiger partial charge in [-0.25, -0.2) is 0 Å². The molecule has 0 saturated carbocycles. The minimum absolute atomic E-state index is 0.395. The van der Waals surface area contributed by atoms with Crippen molar-refractivity contribution >= 4 is 17.0 Å². The third kappa shape index (κ3) is 3.34. The quantitative estimate of drug-likeness (QED) is 0.833. The van der Waals surface area contributed by atoms with Gasteiger partial charge in [0.2, 0.25) is 0 Å². The molecule has 2 N–H and O–H groups in total. The van der Waals surface area contributed by atoms with E-state index in [0.717, 1.165) is 18.7 Å². The topological polar surface area (TPSA) is 29.3 Å². The predicted molar refractivity (Wildman–Crippen MR) is 79.9 cm³/mol. The fourth-order valence-corrected chi connectivity index (χ4v) is 2.71. The second-order valence-electron chi connectivity index (χ2n) is 4.71. The van der Waals surface area contributed by atoms with Crippen LogP contribution in [-0.4, -0.2) is 18.5 Å². The number of anilines is 1. The van der Waals surface area contributed by atoms with Gasteiger partial charge in [0.25, 0.3) is 0 Å². The second kappa shape index (κ2) is 6.03. The zero-order chi connectivity index (χ0) is 13.0. The summed E-state index contributed by atoms with van der Waals surface area (Å²) < 4.78 is 0. The van der Waals surface area contributed by atoms with Gasteiger partial charge in [-0.15, -0.1) is 0 Å². The highest BCUT2D eigenvalue weighted by atomic mass is 32.1. The summed E-state index contributed by atoms with van der Waals surface area (Å²) in [5.74, 6) is 0. The van der Waals surface area contributed by atoms with E-state index < -0.39 is 0 Å². The van der Waals surface area contributed by atoms with Crippen LogP contribution in [0.5, 0.6) is 0 Å². The van der Waals surface area contributed by atoms with Gasteiger partial charge in [-0.1, -0.05) is 12.1 Å². The van der Waals surface area contributed by atoms with Gasteiger partial charge in [-0.05, 0) is 60.5 Å². The van der Waals surface area contributed by atoms with Gasteiger partial charge < -0.3 is 5.73 Å². The lowest BCUT2D eigenvalue weighted by molar-refractivity contribution is 0.265. The number of rotatable bonds is 5. The monoisotopic (exact) mass is 260 g/mol. The summed E-state index contributed by atoms with van der Waals surface area (Å²) in [4.78, 5) is 2.37. The molecule has 0 aliphatic carbocycles. The van der Waals surface area contributed by atoms with Crippen molar-refractivity contribution in [3.8, 4) is 0 Å². The Balaban J connectivity index is 1.94. The van der Waals surface area contributed by atoms with Crippen molar-refractivity contribution in [1.29, 1.82) is 0 Å². The van der Waals surface area contributed by atoms with E-state index in [0.29, 0.717) is 6.04 Å². The first kappa shape index (κ1) is 13.1. The van der Waals surface area contributed by atoms with Gasteiger partial charge >= 0.3 is 0 Å². The third-order valence-electron chi connectivity index (χ3n) is 3.39. The number of likely N-dealkylation sites (N-methyl/N-ethyl adjacent to an activating group) is 1. The van der Waals surface area contributed by atoms with Crippen molar-refractivity contribution in [3.63, 3.8) is 0 Å². The molecule has 0 aliphatic heterocycles. The normalized spacial score (nSPS) is 12.8. The van der Waals surface area contributed by atoms with Crippen molar-refractivity contribution in [3.05, 3.63) is 52.2 Å². The number of thiophene rings is 1. The number of benzene rings is 1. The molecule has 2 aromatic rings. The molecule has 0 aliphatic rings. The highest BCUT2D eigenvalue weighted by molar-refractivity contribution is 7.07. The molecule has 2 rings (SSSR count). The minimum Gasteiger partial charge on any atom is -0.399 e. The van der Waals surface area contributed by atoms with Crippen LogP contribution in [0.25, 0.3) is 0 Å². The van der Waals surface area contributed by atoms with E-state index in [1.165, 1.54) is 11.1 Å². The molecule has 1 aromatic carbocycles. The van der Waals surface area contributed by atoms with Crippen LogP contribution in [0, 0.1) is 0 Å². The Labute approximate surface area is 113 Å². The van der Waals surface area contributed by atoms with E-state index in [2.05, 4.69) is 47.8 Å². The number of nitrogens with two attached hydrogens (primary N) is 1. The third-order valence-corrected chi connectivity index (χ3v) is 4.12. The molecular formula is C15H20N2S. The predicted octanol–water partition coefficient (Wildman–Crippen LogP) is 3.57. The van der Waals surface area contributed by atoms with Crippen LogP contribution >= 0.6 is 11.3 Å². The summed E-state index contributed by atoms with van der Waals surface area (Å²) in [6.45, 7) is 3.29. The van der Waals surface area contributed by atoms with E-state index in [9.17, 15) is 0 Å². The van der Waals surface area contributed by atoms with Crippen LogP contribution in [0.1, 0.15) is 24.1 Å². The zero-order valence-corrected chi connectivity index (χ0v) is 11.8. The molecule has 0 bridgehead atoms. The van der Waals surface area contributed by atoms with Gasteiger partial charge in [0.15, 0.2) is 0 Å². The van der Waals surface area contributed by atoms with Crippen LogP contribution < -0.4 is 5.73 Å². The van der Waals surface area contributed by atoms with Crippen molar-refractivity contribution in [1.82, 2.24) is 4.90 Å². The van der Waals surface area contributed by atoms with Gasteiger partial charge in [0.1, 0.15) is 0 Å². The largest absolute Gasteiger partial charge is 0.399 e. The molecule has 0 spiro atoms. The molecular weight excluding hydrogens is 240 g/mol. The maximum absolute atomic E-state index is 5.83. The maximum Gasteiger partial charge on any atom is 0.0317 e. The Morgan fingerprint density at radius 3 is 2.83 bits per heavy atom. The maximum atomic E-state index is 5.83. The smallest absolute Gasteiger partial charge is 0.0317 e. The van der Waals surface area contributed by atoms with Gasteiger partial charge in [-0.2, -0.15) is 11.3 Å². The van der Waals surface area contributed by atoms with Crippen LogP contribution in [0.2, 0.25) is 0 Å². The molecule has 2 nitrogen and oxygen atoms in total. The zero-order valence-electron chi connectivity index (χ0n) is 11.0. The van der Waals surface area contributed by atoms with Gasteiger partial charge in [-0.3, -0.25) is 4.90 Å². The molecule has 0 radical (unpaired) electrons. The van der Waals surface area contributed by atoms with Crippen LogP contribution in [-0.2, 0) is 6.42 Å². The molecule has 1 unspecified atom stereocenters. The summed E-state index contributed by atoms with van der Waals surface area (Å²) in [5.41, 5.74) is 9.37. The highest BCUT2D eigenvalue weighted by Crippen LogP contribution is 2.21. The Bertz CT molecular complexity index is 479. The summed E-state index contributed by atoms with van der Waals surface area (Å²) in [6, 6.07) is 10.7. The van der Waals surface area contributed by atoms with Crippen LogP contribution in [0.4, 0.5) is 5.69 Å². The van der Waals surface area contributed by atoms with Gasteiger partial charge in [0.05, 0.1) is 0 Å².